The molecule has 0 unspecified atom stereocenters. The Morgan fingerprint density at radius 2 is 1.91 bits per heavy atom. The topological polar surface area (TPSA) is 22.4 Å². The van der Waals surface area contributed by atoms with Gasteiger partial charge in [0.05, 0.1) is 12.0 Å². The fourth-order valence-electron chi connectivity index (χ4n) is 2.55. The second kappa shape index (κ2) is 9.33. The van der Waals surface area contributed by atoms with Gasteiger partial charge in [0.25, 0.3) is 0 Å². The third-order valence-corrected chi connectivity index (χ3v) is 4.77. The lowest BCUT2D eigenvalue weighted by atomic mass is 10.0. The first-order chi connectivity index (χ1) is 11.1. The van der Waals surface area contributed by atoms with Crippen LogP contribution >= 0.6 is 24.0 Å². The fourth-order valence-corrected chi connectivity index (χ4v) is 3.19. The van der Waals surface area contributed by atoms with Crippen molar-refractivity contribution in [1.29, 1.82) is 0 Å². The highest BCUT2D eigenvalue weighted by atomic mass is 32.2. The second-order valence-corrected chi connectivity index (χ2v) is 7.52. The highest BCUT2D eigenvalue weighted by molar-refractivity contribution is 7.98. The molecule has 126 valence electrons. The Labute approximate surface area is 148 Å². The summed E-state index contributed by atoms with van der Waals surface area (Å²) < 4.78 is 12.1. The Hall–Kier alpha value is -1.00. The van der Waals surface area contributed by atoms with Crippen LogP contribution in [0.2, 0.25) is 0 Å². The van der Waals surface area contributed by atoms with Gasteiger partial charge in [-0.05, 0) is 49.0 Å². The molecule has 1 aromatic heterocycles. The SMILES string of the molecule is CSc1ccc2oc(=S)cc(OCCCCCCC(C)C)c2c1. The largest absolute Gasteiger partial charge is 0.493 e. The van der Waals surface area contributed by atoms with Crippen molar-refractivity contribution in [3.05, 3.63) is 29.0 Å². The molecule has 0 spiro atoms. The molecule has 2 aromatic rings. The highest BCUT2D eigenvalue weighted by Crippen LogP contribution is 2.30. The van der Waals surface area contributed by atoms with Crippen molar-refractivity contribution >= 4 is 34.9 Å². The summed E-state index contributed by atoms with van der Waals surface area (Å²) in [6, 6.07) is 7.94. The van der Waals surface area contributed by atoms with E-state index in [1.807, 2.05) is 18.2 Å². The first-order valence-corrected chi connectivity index (χ1v) is 9.98. The molecular weight excluding hydrogens is 324 g/mol. The normalized spacial score (nSPS) is 11.3. The summed E-state index contributed by atoms with van der Waals surface area (Å²) >= 11 is 6.91. The van der Waals surface area contributed by atoms with Gasteiger partial charge in [0.1, 0.15) is 11.3 Å². The Kier molecular flexibility index (Phi) is 7.44. The smallest absolute Gasteiger partial charge is 0.194 e. The van der Waals surface area contributed by atoms with Gasteiger partial charge in [-0.1, -0.05) is 39.5 Å². The summed E-state index contributed by atoms with van der Waals surface area (Å²) in [5.74, 6) is 1.65. The van der Waals surface area contributed by atoms with Gasteiger partial charge in [-0.3, -0.25) is 0 Å². The van der Waals surface area contributed by atoms with Crippen molar-refractivity contribution in [3.8, 4) is 5.75 Å². The van der Waals surface area contributed by atoms with Crippen LogP contribution in [-0.4, -0.2) is 12.9 Å². The second-order valence-electron chi connectivity index (χ2n) is 6.24. The molecule has 1 aromatic carbocycles. The predicted octanol–water partition coefficient (Wildman–Crippen LogP) is 6.87. The maximum atomic E-state index is 5.99. The maximum Gasteiger partial charge on any atom is 0.194 e. The van der Waals surface area contributed by atoms with E-state index in [-0.39, 0.29) is 0 Å². The molecule has 1 heterocycles. The molecule has 0 atom stereocenters. The van der Waals surface area contributed by atoms with Crippen LogP contribution in [0.15, 0.2) is 33.6 Å². The van der Waals surface area contributed by atoms with E-state index >= 15 is 0 Å². The van der Waals surface area contributed by atoms with Crippen LogP contribution < -0.4 is 4.74 Å². The van der Waals surface area contributed by atoms with E-state index in [0.29, 0.717) is 4.71 Å². The van der Waals surface area contributed by atoms with Crippen LogP contribution in [0.25, 0.3) is 11.0 Å². The monoisotopic (exact) mass is 350 g/mol. The van der Waals surface area contributed by atoms with Crippen molar-refractivity contribution in [2.24, 2.45) is 5.92 Å². The fraction of sp³-hybridized carbons (Fsp3) is 0.526. The number of fused-ring (bicyclic) bond motifs is 1. The van der Waals surface area contributed by atoms with Crippen molar-refractivity contribution in [1.82, 2.24) is 0 Å². The van der Waals surface area contributed by atoms with E-state index in [1.165, 1.54) is 30.6 Å². The zero-order valence-electron chi connectivity index (χ0n) is 14.3. The standard InChI is InChI=1S/C19H26O2S2/c1-14(2)8-6-4-5-7-11-20-18-13-19(22)21-17-10-9-15(23-3)12-16(17)18/h9-10,12-14H,4-8,11H2,1-3H3. The quantitative estimate of drug-likeness (QED) is 0.279. The third-order valence-electron chi connectivity index (χ3n) is 3.85. The number of unbranched alkanes of at least 4 members (excludes halogenated alkanes) is 3. The molecule has 0 bridgehead atoms. The van der Waals surface area contributed by atoms with E-state index < -0.39 is 0 Å². The molecule has 2 nitrogen and oxygen atoms in total. The molecule has 23 heavy (non-hydrogen) atoms. The van der Waals surface area contributed by atoms with E-state index in [0.717, 1.165) is 35.7 Å². The van der Waals surface area contributed by atoms with Crippen molar-refractivity contribution < 1.29 is 9.15 Å². The molecule has 0 saturated carbocycles. The number of ether oxygens (including phenoxy) is 1. The van der Waals surface area contributed by atoms with Crippen molar-refractivity contribution in [3.63, 3.8) is 0 Å². The zero-order chi connectivity index (χ0) is 16.7. The van der Waals surface area contributed by atoms with Crippen LogP contribution in [0.5, 0.6) is 5.75 Å². The molecule has 0 aliphatic rings. The minimum atomic E-state index is 0.473. The minimum absolute atomic E-state index is 0.473. The van der Waals surface area contributed by atoms with Crippen LogP contribution in [0.1, 0.15) is 46.0 Å². The average Bonchev–Trinajstić information content (AvgIpc) is 2.53. The Balaban J connectivity index is 1.93. The van der Waals surface area contributed by atoms with Crippen LogP contribution in [0.4, 0.5) is 0 Å². The lowest BCUT2D eigenvalue weighted by Crippen LogP contribution is -1.98. The first-order valence-electron chi connectivity index (χ1n) is 8.35. The Morgan fingerprint density at radius 1 is 1.13 bits per heavy atom. The molecular formula is C19H26O2S2. The van der Waals surface area contributed by atoms with Gasteiger partial charge in [-0.15, -0.1) is 11.8 Å². The Morgan fingerprint density at radius 3 is 2.65 bits per heavy atom. The summed E-state index contributed by atoms with van der Waals surface area (Å²) in [5, 5.41) is 1.00. The third kappa shape index (κ3) is 5.85. The summed E-state index contributed by atoms with van der Waals surface area (Å²) in [4.78, 5) is 1.20. The molecule has 0 saturated heterocycles. The lowest BCUT2D eigenvalue weighted by molar-refractivity contribution is 0.305. The van der Waals surface area contributed by atoms with Gasteiger partial charge in [0.2, 0.25) is 0 Å². The zero-order valence-corrected chi connectivity index (χ0v) is 15.9. The molecule has 0 N–H and O–H groups in total. The average molecular weight is 351 g/mol. The minimum Gasteiger partial charge on any atom is -0.493 e. The van der Waals surface area contributed by atoms with E-state index in [2.05, 4.69) is 26.2 Å². The molecule has 4 heteroatoms. The maximum absolute atomic E-state index is 5.99. The number of rotatable bonds is 9. The van der Waals surface area contributed by atoms with E-state index in [9.17, 15) is 0 Å². The summed E-state index contributed by atoms with van der Waals surface area (Å²) in [7, 11) is 0. The van der Waals surface area contributed by atoms with E-state index in [4.69, 9.17) is 21.4 Å². The molecule has 2 rings (SSSR count). The molecule has 0 fully saturated rings. The van der Waals surface area contributed by atoms with Gasteiger partial charge < -0.3 is 9.15 Å². The summed E-state index contributed by atoms with van der Waals surface area (Å²) in [5.41, 5.74) is 0.794. The van der Waals surface area contributed by atoms with E-state index in [1.54, 1.807) is 11.8 Å². The Bertz CT molecular complexity index is 677. The highest BCUT2D eigenvalue weighted by Gasteiger charge is 2.06. The van der Waals surface area contributed by atoms with Crippen LogP contribution in [0, 0.1) is 10.6 Å². The van der Waals surface area contributed by atoms with Crippen LogP contribution in [-0.2, 0) is 0 Å². The number of hydrogen-bond acceptors (Lipinski definition) is 4. The van der Waals surface area contributed by atoms with Gasteiger partial charge >= 0.3 is 0 Å². The van der Waals surface area contributed by atoms with Gasteiger partial charge in [-0.2, -0.15) is 0 Å². The number of benzene rings is 1. The van der Waals surface area contributed by atoms with Gasteiger partial charge in [0.15, 0.2) is 4.71 Å². The summed E-state index contributed by atoms with van der Waals surface area (Å²) in [6.07, 6.45) is 8.30. The van der Waals surface area contributed by atoms with Gasteiger partial charge in [0, 0.05) is 11.0 Å². The lowest BCUT2D eigenvalue weighted by Gasteiger charge is -2.10. The van der Waals surface area contributed by atoms with Crippen molar-refractivity contribution in [2.45, 2.75) is 50.8 Å². The predicted molar refractivity (Wildman–Crippen MR) is 102 cm³/mol. The number of hydrogen-bond donors (Lipinski definition) is 0. The van der Waals surface area contributed by atoms with Crippen LogP contribution in [0.3, 0.4) is 0 Å². The molecule has 0 aliphatic heterocycles. The summed E-state index contributed by atoms with van der Waals surface area (Å²) in [6.45, 7) is 5.30. The van der Waals surface area contributed by atoms with Gasteiger partial charge in [-0.25, -0.2) is 0 Å². The molecule has 0 amide bonds. The first kappa shape index (κ1) is 18.3. The molecule has 0 radical (unpaired) electrons. The molecule has 0 aliphatic carbocycles. The van der Waals surface area contributed by atoms with Crippen molar-refractivity contribution in [2.75, 3.05) is 12.9 Å². The number of thioether (sulfide) groups is 1.